The predicted octanol–water partition coefficient (Wildman–Crippen LogP) is 7.77. The van der Waals surface area contributed by atoms with Gasteiger partial charge < -0.3 is 10.3 Å². The molecule has 0 fully saturated rings. The van der Waals surface area contributed by atoms with Gasteiger partial charge in [-0.25, -0.2) is 0 Å². The normalized spacial score (nSPS) is 19.9. The molecule has 36 heavy (non-hydrogen) atoms. The molecule has 0 amide bonds. The average molecular weight is 662 g/mol. The zero-order valence-corrected chi connectivity index (χ0v) is 25.0. The zero-order chi connectivity index (χ0) is 25.1. The number of aliphatic imine (C=N–C) groups is 1. The van der Waals surface area contributed by atoms with Crippen LogP contribution in [0.4, 0.5) is 0 Å². The van der Waals surface area contributed by atoms with Gasteiger partial charge in [0.05, 0.1) is 11.4 Å². The maximum atomic E-state index is 5.22. The third-order valence-corrected chi connectivity index (χ3v) is 7.52. The molecule has 1 unspecified atom stereocenters. The van der Waals surface area contributed by atoms with E-state index in [4.69, 9.17) is 15.3 Å². The van der Waals surface area contributed by atoms with Crippen LogP contribution < -0.4 is 4.98 Å². The standard InChI is InChI=1S/C31H38N4.Pt/c1-8-23-24(9-2)30(34-28(23)16-22-14-12-13-15-32-22)18-31-26(11-4)25(10-3)29(35-31)17-27-20(6)19(5)21(7)33-27;/h12-17,30H,8-11,18H2,1-7H3;/q-2;+2/b27-17-,28-16-;. The molecule has 0 aliphatic carbocycles. The molecule has 4 rings (SSSR count). The van der Waals surface area contributed by atoms with Crippen LogP contribution >= 0.6 is 0 Å². The van der Waals surface area contributed by atoms with Crippen LogP contribution in [0.2, 0.25) is 0 Å². The van der Waals surface area contributed by atoms with Crippen molar-refractivity contribution < 1.29 is 21.1 Å². The number of aromatic nitrogens is 2. The maximum absolute atomic E-state index is 5.22. The molecule has 0 saturated carbocycles. The molecule has 0 N–H and O–H groups in total. The number of hydrogen-bond acceptors (Lipinski definition) is 2. The van der Waals surface area contributed by atoms with E-state index in [1.807, 2.05) is 24.4 Å². The fourth-order valence-corrected chi connectivity index (χ4v) is 5.42. The van der Waals surface area contributed by atoms with Crippen molar-refractivity contribution in [3.63, 3.8) is 0 Å². The van der Waals surface area contributed by atoms with E-state index in [9.17, 15) is 0 Å². The number of rotatable bonds is 8. The van der Waals surface area contributed by atoms with E-state index < -0.39 is 0 Å². The minimum absolute atomic E-state index is 0. The van der Waals surface area contributed by atoms with E-state index in [0.29, 0.717) is 0 Å². The SMILES string of the molecule is CCC1=C(CC)C(Cc2[n-]c(/C=C3\N=C(C)C(C)=C3C)c(CC)c2CC)[N-]/C1=C\c1ccccn1.[Pt+2]. The minimum atomic E-state index is 0. The Morgan fingerprint density at radius 2 is 1.64 bits per heavy atom. The topological polar surface area (TPSA) is 53.5 Å². The number of pyridine rings is 1. The van der Waals surface area contributed by atoms with Gasteiger partial charge in [0.2, 0.25) is 0 Å². The van der Waals surface area contributed by atoms with Gasteiger partial charge in [0.1, 0.15) is 0 Å². The second-order valence-corrected chi connectivity index (χ2v) is 9.43. The molecule has 2 aliphatic rings. The summed E-state index contributed by atoms with van der Waals surface area (Å²) < 4.78 is 0. The molecule has 192 valence electrons. The first-order valence-corrected chi connectivity index (χ1v) is 13.1. The van der Waals surface area contributed by atoms with E-state index >= 15 is 0 Å². The van der Waals surface area contributed by atoms with Crippen molar-refractivity contribution in [2.24, 2.45) is 4.99 Å². The maximum Gasteiger partial charge on any atom is 2.00 e. The number of nitrogens with zero attached hydrogens (tertiary/aromatic N) is 4. The molecular weight excluding hydrogens is 623 g/mol. The van der Waals surface area contributed by atoms with Crippen molar-refractivity contribution in [1.29, 1.82) is 0 Å². The van der Waals surface area contributed by atoms with Gasteiger partial charge in [0.15, 0.2) is 0 Å². The van der Waals surface area contributed by atoms with Crippen molar-refractivity contribution in [2.45, 2.75) is 86.6 Å². The third-order valence-electron chi connectivity index (χ3n) is 7.52. The van der Waals surface area contributed by atoms with Gasteiger partial charge in [-0.05, 0) is 69.7 Å². The Labute approximate surface area is 231 Å². The summed E-state index contributed by atoms with van der Waals surface area (Å²) in [5.74, 6) is 0. The molecule has 2 aromatic rings. The van der Waals surface area contributed by atoms with Crippen LogP contribution in [-0.2, 0) is 40.3 Å². The van der Waals surface area contributed by atoms with Gasteiger partial charge in [-0.1, -0.05) is 80.6 Å². The van der Waals surface area contributed by atoms with Gasteiger partial charge in [0, 0.05) is 11.9 Å². The zero-order valence-electron chi connectivity index (χ0n) is 22.7. The molecule has 0 aromatic carbocycles. The van der Waals surface area contributed by atoms with E-state index in [0.717, 1.165) is 60.6 Å². The first kappa shape index (κ1) is 28.1. The van der Waals surface area contributed by atoms with Crippen LogP contribution in [0.15, 0.2) is 63.1 Å². The van der Waals surface area contributed by atoms with Gasteiger partial charge >= 0.3 is 21.1 Å². The van der Waals surface area contributed by atoms with Crippen molar-refractivity contribution in [2.75, 3.05) is 0 Å². The average Bonchev–Trinajstić information content (AvgIpc) is 3.46. The van der Waals surface area contributed by atoms with E-state index in [1.54, 1.807) is 0 Å². The summed E-state index contributed by atoms with van der Waals surface area (Å²) in [5, 5.41) is 5.22. The van der Waals surface area contributed by atoms with Crippen molar-refractivity contribution >= 4 is 17.9 Å². The first-order chi connectivity index (χ1) is 16.9. The Kier molecular flexibility index (Phi) is 9.52. The van der Waals surface area contributed by atoms with Crippen LogP contribution in [0.25, 0.3) is 17.5 Å². The van der Waals surface area contributed by atoms with Gasteiger partial charge in [-0.15, -0.1) is 11.4 Å². The van der Waals surface area contributed by atoms with E-state index in [1.165, 1.54) is 39.1 Å². The molecule has 0 saturated heterocycles. The van der Waals surface area contributed by atoms with Crippen LogP contribution in [0.1, 0.15) is 89.5 Å². The molecule has 0 bridgehead atoms. The summed E-state index contributed by atoms with van der Waals surface area (Å²) in [5.41, 5.74) is 14.6. The predicted molar refractivity (Wildman–Crippen MR) is 149 cm³/mol. The number of hydrogen-bond donors (Lipinski definition) is 0. The Hall–Kier alpha value is -2.45. The Morgan fingerprint density at radius 1 is 0.889 bits per heavy atom. The molecular formula is C31H38N4Pt. The molecule has 4 nitrogen and oxygen atoms in total. The Morgan fingerprint density at radius 3 is 2.19 bits per heavy atom. The van der Waals surface area contributed by atoms with Gasteiger partial charge in [0.25, 0.3) is 0 Å². The molecule has 1 atom stereocenters. The molecule has 0 radical (unpaired) electrons. The molecule has 4 heterocycles. The summed E-state index contributed by atoms with van der Waals surface area (Å²) in [7, 11) is 0. The first-order valence-electron chi connectivity index (χ1n) is 13.1. The van der Waals surface area contributed by atoms with Crippen LogP contribution in [0.3, 0.4) is 0 Å². The van der Waals surface area contributed by atoms with E-state index in [-0.39, 0.29) is 27.1 Å². The second kappa shape index (κ2) is 12.2. The Balaban J connectivity index is 0.00000361. The molecule has 2 aliphatic heterocycles. The van der Waals surface area contributed by atoms with Gasteiger partial charge in [-0.3, -0.25) is 9.98 Å². The van der Waals surface area contributed by atoms with Crippen molar-refractivity contribution in [1.82, 2.24) is 9.97 Å². The summed E-state index contributed by atoms with van der Waals surface area (Å²) in [4.78, 5) is 14.5. The summed E-state index contributed by atoms with van der Waals surface area (Å²) in [6.07, 6.45) is 11.0. The van der Waals surface area contributed by atoms with E-state index in [2.05, 4.69) is 65.6 Å². The quantitative estimate of drug-likeness (QED) is 0.290. The largest absolute Gasteiger partial charge is 2.00 e. The molecule has 2 aromatic heterocycles. The summed E-state index contributed by atoms with van der Waals surface area (Å²) in [6, 6.07) is 6.17. The van der Waals surface area contributed by atoms with Crippen LogP contribution in [0, 0.1) is 0 Å². The smallest absolute Gasteiger partial charge is 0.678 e. The van der Waals surface area contributed by atoms with Crippen LogP contribution in [-0.4, -0.2) is 16.7 Å². The molecule has 5 heteroatoms. The summed E-state index contributed by atoms with van der Waals surface area (Å²) >= 11 is 0. The fraction of sp³-hybridized carbons (Fsp3) is 0.419. The van der Waals surface area contributed by atoms with Gasteiger partial charge in [-0.2, -0.15) is 5.69 Å². The monoisotopic (exact) mass is 661 g/mol. The number of allylic oxidation sites excluding steroid dienone is 3. The van der Waals surface area contributed by atoms with Crippen molar-refractivity contribution in [3.8, 4) is 0 Å². The molecule has 0 spiro atoms. The second-order valence-electron chi connectivity index (χ2n) is 9.43. The fourth-order valence-electron chi connectivity index (χ4n) is 5.42. The summed E-state index contributed by atoms with van der Waals surface area (Å²) in [6.45, 7) is 15.4. The third kappa shape index (κ3) is 5.44. The van der Waals surface area contributed by atoms with Crippen molar-refractivity contribution in [3.05, 3.63) is 91.6 Å². The Bertz CT molecular complexity index is 1250. The van der Waals surface area contributed by atoms with Crippen LogP contribution in [0.5, 0.6) is 0 Å². The minimum Gasteiger partial charge on any atom is -0.678 e.